The number of halogens is 2. The molecule has 0 radical (unpaired) electrons. The highest BCUT2D eigenvalue weighted by Crippen LogP contribution is 2.57. The molecule has 12 rings (SSSR count). The maximum atomic E-state index is 15.4. The minimum absolute atomic E-state index is 0.0454. The Morgan fingerprint density at radius 1 is 0.336 bits per heavy atom. The lowest BCUT2D eigenvalue weighted by Crippen LogP contribution is -2.14. The van der Waals surface area contributed by atoms with Crippen LogP contribution in [0, 0.1) is 57.2 Å². The zero-order valence-electron chi connectivity index (χ0n) is 80.8. The highest BCUT2D eigenvalue weighted by molar-refractivity contribution is 9.10. The Bertz CT molecular complexity index is 5320. The smallest absolute Gasteiger partial charge is 0.194 e. The van der Waals surface area contributed by atoms with Crippen LogP contribution in [0.3, 0.4) is 0 Å². The second-order valence-electron chi connectivity index (χ2n) is 38.9. The van der Waals surface area contributed by atoms with Gasteiger partial charge in [-0.2, -0.15) is 29.8 Å². The summed E-state index contributed by atoms with van der Waals surface area (Å²) in [5.41, 5.74) is 13.5. The first kappa shape index (κ1) is 104. The van der Waals surface area contributed by atoms with Gasteiger partial charge in [0.1, 0.15) is 46.5 Å². The number of carbonyl (C=O) groups is 2. The third-order valence-corrected chi connectivity index (χ3v) is 35.4. The van der Waals surface area contributed by atoms with Gasteiger partial charge >= 0.3 is 0 Å². The molecule has 2 aliphatic rings. The first-order chi connectivity index (χ1) is 64.4. The van der Waals surface area contributed by atoms with Gasteiger partial charge < -0.3 is 9.13 Å². The minimum atomic E-state index is -0.158. The summed E-state index contributed by atoms with van der Waals surface area (Å²) in [5, 5.41) is 45.8. The van der Waals surface area contributed by atoms with E-state index in [2.05, 4.69) is 119 Å². The second-order valence-corrected chi connectivity index (χ2v) is 45.4. The summed E-state index contributed by atoms with van der Waals surface area (Å²) in [6.45, 7) is 15.6. The molecule has 10 nitrogen and oxygen atoms in total. The van der Waals surface area contributed by atoms with Gasteiger partial charge in [0.15, 0.2) is 11.6 Å². The Labute approximate surface area is 824 Å². The van der Waals surface area contributed by atoms with E-state index in [0.717, 1.165) is 107 Å². The molecule has 7 aromatic heterocycles. The van der Waals surface area contributed by atoms with Crippen molar-refractivity contribution < 1.29 is 9.59 Å². The Hall–Kier alpha value is -6.38. The number of nitrogens with zero attached hydrogens (tertiary/aromatic N) is 8. The van der Waals surface area contributed by atoms with Crippen molar-refractivity contribution >= 4 is 196 Å². The number of hydrogen-bond donors (Lipinski definition) is 0. The molecule has 3 aromatic carbocycles. The van der Waals surface area contributed by atoms with Crippen LogP contribution in [-0.2, 0) is 25.9 Å². The predicted octanol–water partition coefficient (Wildman–Crippen LogP) is 39.2. The van der Waals surface area contributed by atoms with Crippen LogP contribution in [0.4, 0.5) is 0 Å². The molecular weight excluding hydrogens is 1830 g/mol. The quantitative estimate of drug-likeness (QED) is 0.0206. The summed E-state index contributed by atoms with van der Waals surface area (Å²) >= 11 is 16.3. The summed E-state index contributed by atoms with van der Waals surface area (Å²) in [4.78, 5) is 32.8. The number of Topliss-reactive ketones (excluding diaryl/α,β-unsaturated/α-hetero) is 2. The molecule has 0 saturated carbocycles. The number of rotatable bonds is 66. The van der Waals surface area contributed by atoms with Crippen molar-refractivity contribution in [3.8, 4) is 24.3 Å². The summed E-state index contributed by atoms with van der Waals surface area (Å²) in [7, 11) is 0. The van der Waals surface area contributed by atoms with Crippen molar-refractivity contribution in [2.24, 2.45) is 11.8 Å². The molecule has 0 bridgehead atoms. The number of allylic oxidation sites excluding steroid dienone is 6. The van der Waals surface area contributed by atoms with E-state index in [1.54, 1.807) is 0 Å². The van der Waals surface area contributed by atoms with Gasteiger partial charge in [-0.25, -0.2) is 0 Å². The maximum Gasteiger partial charge on any atom is 0.194 e. The molecule has 0 saturated heterocycles. The first-order valence-electron chi connectivity index (χ1n) is 52.7. The van der Waals surface area contributed by atoms with Crippen LogP contribution in [0.5, 0.6) is 0 Å². The van der Waals surface area contributed by atoms with Crippen molar-refractivity contribution in [2.45, 2.75) is 440 Å². The fourth-order valence-electron chi connectivity index (χ4n) is 21.4. The number of thiophene rings is 4. The maximum absolute atomic E-state index is 15.4. The molecule has 2 aliphatic carbocycles. The van der Waals surface area contributed by atoms with E-state index in [4.69, 9.17) is 8.75 Å². The summed E-state index contributed by atoms with van der Waals surface area (Å²) < 4.78 is 26.2. The van der Waals surface area contributed by atoms with E-state index in [-0.39, 0.29) is 22.7 Å². The van der Waals surface area contributed by atoms with Crippen LogP contribution >= 0.6 is 88.9 Å². The lowest BCUT2D eigenvalue weighted by molar-refractivity contribution is 0.103. The SMILES string of the molecule is CCCCCCCCCCCCC(CCCCCCCCCC)Cn1c2c3sc(/C=C4\C(=O)c5cc(Br)ccc5C4=C(C#N)C#N)c(CCCCCCCCCCC)c3sc2c2c3nsnc3c3c4sc5c(CCCCCCCCCCC)c(/C=C6\C(=O)c7cc(Br)ccc7C6=C(C#N)C#N)sc5c4n(CC(CCCCCCCCCC)CCCCCCCCCCCC)c3c21. The monoisotopic (exact) mass is 1980 g/mol. The summed E-state index contributed by atoms with van der Waals surface area (Å²) in [6.07, 6.45) is 78.6. The third-order valence-electron chi connectivity index (χ3n) is 28.8. The number of ketones is 2. The number of benzene rings is 3. The van der Waals surface area contributed by atoms with Crippen molar-refractivity contribution in [1.29, 1.82) is 21.0 Å². The molecule has 704 valence electrons. The number of aromatic nitrogens is 4. The van der Waals surface area contributed by atoms with Crippen molar-refractivity contribution in [2.75, 3.05) is 0 Å². The average Bonchev–Trinajstić information content (AvgIpc) is 1.50. The van der Waals surface area contributed by atoms with E-state index >= 15 is 9.59 Å². The van der Waals surface area contributed by atoms with E-state index in [1.807, 2.05) is 81.7 Å². The largest absolute Gasteiger partial charge is 0.337 e. The predicted molar refractivity (Wildman–Crippen MR) is 575 cm³/mol. The van der Waals surface area contributed by atoms with Gasteiger partial charge in [0.2, 0.25) is 0 Å². The molecule has 131 heavy (non-hydrogen) atoms. The molecule has 0 aliphatic heterocycles. The van der Waals surface area contributed by atoms with Crippen LogP contribution in [0.2, 0.25) is 0 Å². The number of aryl methyl sites for hydroxylation is 2. The second kappa shape index (κ2) is 55.7. The topological polar surface area (TPSA) is 165 Å². The highest BCUT2D eigenvalue weighted by Gasteiger charge is 2.38. The first-order valence-corrected chi connectivity index (χ1v) is 58.3. The fraction of sp³-hybridized carbons (Fsp3) is 0.614. The van der Waals surface area contributed by atoms with Crippen LogP contribution in [0.15, 0.2) is 67.6 Å². The van der Waals surface area contributed by atoms with E-state index in [0.29, 0.717) is 56.4 Å². The number of nitriles is 4. The Morgan fingerprint density at radius 3 is 0.878 bits per heavy atom. The normalized spacial score (nSPS) is 14.0. The fourth-order valence-corrected chi connectivity index (χ4v) is 28.6. The van der Waals surface area contributed by atoms with E-state index in [1.165, 1.54) is 405 Å². The lowest BCUT2D eigenvalue weighted by atomic mass is 9.93. The molecular formula is C114H152Br2N8O2S5. The van der Waals surface area contributed by atoms with Gasteiger partial charge in [-0.3, -0.25) is 9.59 Å². The van der Waals surface area contributed by atoms with Crippen LogP contribution in [-0.4, -0.2) is 29.4 Å². The lowest BCUT2D eigenvalue weighted by Gasteiger charge is -2.22. The minimum Gasteiger partial charge on any atom is -0.337 e. The molecule has 17 heteroatoms. The zero-order chi connectivity index (χ0) is 92.1. The number of carbonyl (C=O) groups excluding carboxylic acids is 2. The standard InChI is InChI=1S/C114H152Br2N8O2S5/c1-7-13-19-25-31-37-41-45-51-57-63-81(61-55-49-43-35-29-23-17-11-5)79-123-103-99(111-105(123)113-109(129-111)89(65-59-53-47-39-33-27-21-15-9-3)95(127-113)73-93-97(83(75-117)76-118)87-69-67-85(115)71-91(87)107(93)125)101-102(122-131-121-101)100-104(103)124(80-82(62-56-50-44-36-30-24-18-12-6)64-58-52-46-42-38-32-26-20-14-8-2)106-112(100)130-110-90(66-60-54-48-40-34-28-22-16-10-4)96(128-114(106)110)74-94-98(84(77-119)78-120)88-70-68-86(116)72-92(88)108(94)126/h67-74,81-82H,7-66,79-80H2,1-6H3/b93-73-,94-74-. The molecule has 2 unspecified atom stereocenters. The molecule has 0 amide bonds. The van der Waals surface area contributed by atoms with Gasteiger partial charge in [-0.15, -0.1) is 45.3 Å². The molecule has 0 N–H and O–H groups in total. The van der Waals surface area contributed by atoms with Crippen molar-refractivity contribution in [1.82, 2.24) is 17.9 Å². The third kappa shape index (κ3) is 27.1. The van der Waals surface area contributed by atoms with Crippen LogP contribution in [0.25, 0.3) is 95.4 Å². The molecule has 0 fully saturated rings. The van der Waals surface area contributed by atoms with Gasteiger partial charge in [0.25, 0.3) is 0 Å². The molecule has 0 spiro atoms. The van der Waals surface area contributed by atoms with Crippen molar-refractivity contribution in [3.05, 3.63) is 111 Å². The zero-order valence-corrected chi connectivity index (χ0v) is 88.1. The average molecular weight is 1990 g/mol. The van der Waals surface area contributed by atoms with Crippen LogP contribution < -0.4 is 0 Å². The Morgan fingerprint density at radius 2 is 0.603 bits per heavy atom. The van der Waals surface area contributed by atoms with Crippen LogP contribution in [0.1, 0.15) is 467 Å². The van der Waals surface area contributed by atoms with Gasteiger partial charge in [0.05, 0.1) is 62.0 Å². The number of unbranched alkanes of at least 4 members (excludes halogenated alkanes) is 48. The van der Waals surface area contributed by atoms with Gasteiger partial charge in [-0.1, -0.05) is 419 Å². The van der Waals surface area contributed by atoms with E-state index in [9.17, 15) is 21.0 Å². The summed E-state index contributed by atoms with van der Waals surface area (Å²) in [5.74, 6) is 0.468. The Kier molecular flexibility index (Phi) is 44.1. The Balaban J connectivity index is 1.13. The van der Waals surface area contributed by atoms with Gasteiger partial charge in [-0.05, 0) is 122 Å². The van der Waals surface area contributed by atoms with Crippen molar-refractivity contribution in [3.63, 3.8) is 0 Å². The summed E-state index contributed by atoms with van der Waals surface area (Å²) in [6, 6.07) is 20.4. The molecule has 7 heterocycles. The highest BCUT2D eigenvalue weighted by atomic mass is 79.9. The number of hydrogen-bond acceptors (Lipinski definition) is 13. The van der Waals surface area contributed by atoms with Gasteiger partial charge in [0, 0.05) is 76.0 Å². The molecule has 2 atom stereocenters. The number of fused-ring (bicyclic) bond motifs is 16. The van der Waals surface area contributed by atoms with E-state index < -0.39 is 0 Å². The molecule has 10 aromatic rings.